The van der Waals surface area contributed by atoms with Crippen LogP contribution in [0, 0.1) is 5.92 Å². The predicted octanol–water partition coefficient (Wildman–Crippen LogP) is 3.61. The van der Waals surface area contributed by atoms with Crippen molar-refractivity contribution in [2.24, 2.45) is 5.92 Å². The number of aromatic nitrogens is 1. The molecule has 1 fully saturated rings. The zero-order chi connectivity index (χ0) is 17.6. The van der Waals surface area contributed by atoms with Gasteiger partial charge in [-0.1, -0.05) is 17.7 Å². The molecule has 1 saturated heterocycles. The molecule has 1 aromatic heterocycles. The molecule has 2 aromatic rings. The van der Waals surface area contributed by atoms with Gasteiger partial charge in [-0.25, -0.2) is 0 Å². The highest BCUT2D eigenvalue weighted by molar-refractivity contribution is 6.30. The first-order valence-corrected chi connectivity index (χ1v) is 8.75. The predicted molar refractivity (Wildman–Crippen MR) is 95.7 cm³/mol. The first-order chi connectivity index (χ1) is 12.1. The summed E-state index contributed by atoms with van der Waals surface area (Å²) < 4.78 is 5.96. The van der Waals surface area contributed by atoms with Crippen molar-refractivity contribution in [3.05, 3.63) is 58.9 Å². The summed E-state index contributed by atoms with van der Waals surface area (Å²) in [5.74, 6) is -0.117. The van der Waals surface area contributed by atoms with Crippen molar-refractivity contribution in [2.75, 3.05) is 13.1 Å². The van der Waals surface area contributed by atoms with Crippen LogP contribution < -0.4 is 4.74 Å². The minimum Gasteiger partial charge on any atom is -0.489 e. The Labute approximate surface area is 152 Å². The fourth-order valence-corrected chi connectivity index (χ4v) is 3.23. The molecular formula is C19H21ClN2O3. The molecule has 0 amide bonds. The summed E-state index contributed by atoms with van der Waals surface area (Å²) in [6, 6.07) is 9.48. The second kappa shape index (κ2) is 8.32. The molecule has 0 aliphatic carbocycles. The molecule has 0 radical (unpaired) electrons. The summed E-state index contributed by atoms with van der Waals surface area (Å²) in [7, 11) is 0. The van der Waals surface area contributed by atoms with Gasteiger partial charge in [-0.05, 0) is 50.2 Å². The van der Waals surface area contributed by atoms with E-state index in [1.165, 1.54) is 0 Å². The van der Waals surface area contributed by atoms with E-state index in [4.69, 9.17) is 21.4 Å². The SMILES string of the molecule is O=C(O)C1CCN(Cc2cc(Cl)ccc2OCc2cccnc2)CC1. The number of carbonyl (C=O) groups is 1. The molecule has 2 heterocycles. The van der Waals surface area contributed by atoms with Crippen LogP contribution in [0.5, 0.6) is 5.75 Å². The van der Waals surface area contributed by atoms with Gasteiger partial charge in [0.15, 0.2) is 0 Å². The average molecular weight is 361 g/mol. The Morgan fingerprint density at radius 2 is 2.12 bits per heavy atom. The Morgan fingerprint density at radius 3 is 2.80 bits per heavy atom. The zero-order valence-corrected chi connectivity index (χ0v) is 14.7. The molecule has 25 heavy (non-hydrogen) atoms. The summed E-state index contributed by atoms with van der Waals surface area (Å²) in [5.41, 5.74) is 2.02. The van der Waals surface area contributed by atoms with Gasteiger partial charge in [0.25, 0.3) is 0 Å². The molecule has 0 atom stereocenters. The Balaban J connectivity index is 1.64. The van der Waals surface area contributed by atoms with Crippen molar-refractivity contribution in [3.63, 3.8) is 0 Å². The third kappa shape index (κ3) is 4.94. The van der Waals surface area contributed by atoms with Crippen LogP contribution in [0.2, 0.25) is 5.02 Å². The van der Waals surface area contributed by atoms with Crippen LogP contribution in [0.25, 0.3) is 0 Å². The highest BCUT2D eigenvalue weighted by Crippen LogP contribution is 2.27. The lowest BCUT2D eigenvalue weighted by Gasteiger charge is -2.30. The molecule has 0 saturated carbocycles. The second-order valence-corrected chi connectivity index (χ2v) is 6.73. The quantitative estimate of drug-likeness (QED) is 0.852. The molecular weight excluding hydrogens is 340 g/mol. The van der Waals surface area contributed by atoms with Crippen LogP contribution in [0.4, 0.5) is 0 Å². The lowest BCUT2D eigenvalue weighted by Crippen LogP contribution is -2.35. The Bertz CT molecular complexity index is 716. The summed E-state index contributed by atoms with van der Waals surface area (Å²) in [5, 5.41) is 9.78. The molecule has 1 aromatic carbocycles. The molecule has 3 rings (SSSR count). The van der Waals surface area contributed by atoms with E-state index in [2.05, 4.69) is 9.88 Å². The maximum atomic E-state index is 11.1. The number of hydrogen-bond acceptors (Lipinski definition) is 4. The van der Waals surface area contributed by atoms with Crippen LogP contribution in [0.3, 0.4) is 0 Å². The van der Waals surface area contributed by atoms with E-state index in [0.29, 0.717) is 31.0 Å². The van der Waals surface area contributed by atoms with Crippen LogP contribution in [0.15, 0.2) is 42.7 Å². The van der Waals surface area contributed by atoms with E-state index in [0.717, 1.165) is 30.0 Å². The number of ether oxygens (including phenoxy) is 1. The smallest absolute Gasteiger partial charge is 0.306 e. The number of pyridine rings is 1. The molecule has 5 nitrogen and oxygen atoms in total. The van der Waals surface area contributed by atoms with E-state index in [1.807, 2.05) is 30.3 Å². The maximum Gasteiger partial charge on any atom is 0.306 e. The average Bonchev–Trinajstić information content (AvgIpc) is 2.62. The third-order valence-corrected chi connectivity index (χ3v) is 4.71. The molecule has 1 N–H and O–H groups in total. The fraction of sp³-hybridized carbons (Fsp3) is 0.368. The third-order valence-electron chi connectivity index (χ3n) is 4.47. The van der Waals surface area contributed by atoms with Crippen molar-refractivity contribution in [2.45, 2.75) is 26.0 Å². The molecule has 0 spiro atoms. The largest absolute Gasteiger partial charge is 0.489 e. The fourth-order valence-electron chi connectivity index (χ4n) is 3.04. The number of aliphatic carboxylic acids is 1. The van der Waals surface area contributed by atoms with Crippen LogP contribution in [0.1, 0.15) is 24.0 Å². The van der Waals surface area contributed by atoms with E-state index in [9.17, 15) is 4.79 Å². The summed E-state index contributed by atoms with van der Waals surface area (Å²) in [6.07, 6.45) is 4.88. The second-order valence-electron chi connectivity index (χ2n) is 6.29. The lowest BCUT2D eigenvalue weighted by atomic mass is 9.97. The Hall–Kier alpha value is -2.11. The van der Waals surface area contributed by atoms with Gasteiger partial charge in [0, 0.05) is 35.1 Å². The van der Waals surface area contributed by atoms with E-state index in [-0.39, 0.29) is 5.92 Å². The van der Waals surface area contributed by atoms with Gasteiger partial charge in [0.05, 0.1) is 5.92 Å². The minimum absolute atomic E-state index is 0.225. The van der Waals surface area contributed by atoms with Crippen molar-refractivity contribution < 1.29 is 14.6 Å². The molecule has 0 unspecified atom stereocenters. The first kappa shape index (κ1) is 17.7. The van der Waals surface area contributed by atoms with Crippen LogP contribution in [-0.2, 0) is 17.9 Å². The van der Waals surface area contributed by atoms with E-state index in [1.54, 1.807) is 12.4 Å². The van der Waals surface area contributed by atoms with Gasteiger partial charge in [0.1, 0.15) is 12.4 Å². The maximum absolute atomic E-state index is 11.1. The minimum atomic E-state index is -0.692. The van der Waals surface area contributed by atoms with Gasteiger partial charge >= 0.3 is 5.97 Å². The lowest BCUT2D eigenvalue weighted by molar-refractivity contribution is -0.143. The normalized spacial score (nSPS) is 15.9. The van der Waals surface area contributed by atoms with E-state index >= 15 is 0 Å². The molecule has 132 valence electrons. The first-order valence-electron chi connectivity index (χ1n) is 8.37. The standard InChI is InChI=1S/C19H21ClN2O3/c20-17-3-4-18(25-13-14-2-1-7-21-11-14)16(10-17)12-22-8-5-15(6-9-22)19(23)24/h1-4,7,10-11,15H,5-6,8-9,12-13H2,(H,23,24). The van der Waals surface area contributed by atoms with Crippen molar-refractivity contribution >= 4 is 17.6 Å². The number of carboxylic acids is 1. The van der Waals surface area contributed by atoms with Crippen molar-refractivity contribution in [3.8, 4) is 5.75 Å². The molecule has 6 heteroatoms. The van der Waals surface area contributed by atoms with Crippen LogP contribution in [-0.4, -0.2) is 34.0 Å². The number of nitrogens with zero attached hydrogens (tertiary/aromatic N) is 2. The summed E-state index contributed by atoms with van der Waals surface area (Å²) >= 11 is 6.15. The van der Waals surface area contributed by atoms with Gasteiger partial charge in [0.2, 0.25) is 0 Å². The van der Waals surface area contributed by atoms with Gasteiger partial charge in [-0.3, -0.25) is 14.7 Å². The number of rotatable bonds is 6. The molecule has 1 aliphatic rings. The van der Waals surface area contributed by atoms with E-state index < -0.39 is 5.97 Å². The number of likely N-dealkylation sites (tertiary alicyclic amines) is 1. The summed E-state index contributed by atoms with van der Waals surface area (Å²) in [4.78, 5) is 17.4. The highest BCUT2D eigenvalue weighted by Gasteiger charge is 2.24. The van der Waals surface area contributed by atoms with Gasteiger partial charge in [-0.2, -0.15) is 0 Å². The van der Waals surface area contributed by atoms with Crippen molar-refractivity contribution in [1.29, 1.82) is 0 Å². The number of carboxylic acid groups (broad SMARTS) is 1. The number of benzene rings is 1. The molecule has 0 bridgehead atoms. The Morgan fingerprint density at radius 1 is 1.32 bits per heavy atom. The van der Waals surface area contributed by atoms with Crippen LogP contribution >= 0.6 is 11.6 Å². The molecule has 1 aliphatic heterocycles. The summed E-state index contributed by atoms with van der Waals surface area (Å²) in [6.45, 7) is 2.69. The van der Waals surface area contributed by atoms with Gasteiger partial charge < -0.3 is 9.84 Å². The highest BCUT2D eigenvalue weighted by atomic mass is 35.5. The number of halogens is 1. The Kier molecular flexibility index (Phi) is 5.89. The topological polar surface area (TPSA) is 62.7 Å². The van der Waals surface area contributed by atoms with Gasteiger partial charge in [-0.15, -0.1) is 0 Å². The number of hydrogen-bond donors (Lipinski definition) is 1. The zero-order valence-electron chi connectivity index (χ0n) is 13.9. The van der Waals surface area contributed by atoms with Crippen molar-refractivity contribution in [1.82, 2.24) is 9.88 Å². The monoisotopic (exact) mass is 360 g/mol. The number of piperidine rings is 1.